The van der Waals surface area contributed by atoms with E-state index in [0.717, 1.165) is 11.2 Å². The van der Waals surface area contributed by atoms with Gasteiger partial charge in [0.2, 0.25) is 0 Å². The van der Waals surface area contributed by atoms with Gasteiger partial charge >= 0.3 is 5.97 Å². The second-order valence-electron chi connectivity index (χ2n) is 4.98. The number of fused-ring (bicyclic) bond motifs is 1. The number of aromatic nitrogens is 3. The number of hydrogen-bond donors (Lipinski definition) is 0. The fraction of sp³-hybridized carbons (Fsp3) is 0.267. The summed E-state index contributed by atoms with van der Waals surface area (Å²) >= 11 is 0. The molecule has 0 amide bonds. The van der Waals surface area contributed by atoms with Crippen LogP contribution in [0.5, 0.6) is 0 Å². The molecule has 3 heterocycles. The lowest BCUT2D eigenvalue weighted by atomic mass is 10.2. The summed E-state index contributed by atoms with van der Waals surface area (Å²) in [5, 5.41) is 3.74. The van der Waals surface area contributed by atoms with E-state index in [4.69, 9.17) is 9.26 Å². The lowest BCUT2D eigenvalue weighted by Crippen LogP contribution is -2.07. The molecule has 0 aliphatic carbocycles. The van der Waals surface area contributed by atoms with E-state index in [-0.39, 0.29) is 6.61 Å². The van der Waals surface area contributed by atoms with E-state index in [1.54, 1.807) is 13.8 Å². The zero-order valence-electron chi connectivity index (χ0n) is 12.1. The van der Waals surface area contributed by atoms with Gasteiger partial charge in [0.15, 0.2) is 0 Å². The van der Waals surface area contributed by atoms with Crippen molar-refractivity contribution in [2.45, 2.75) is 27.4 Å². The molecule has 0 radical (unpaired) electrons. The molecule has 0 saturated heterocycles. The Morgan fingerprint density at radius 2 is 2.10 bits per heavy atom. The highest BCUT2D eigenvalue weighted by Crippen LogP contribution is 2.15. The molecule has 0 atom stereocenters. The van der Waals surface area contributed by atoms with E-state index >= 15 is 0 Å². The van der Waals surface area contributed by atoms with Crippen molar-refractivity contribution in [1.82, 2.24) is 14.5 Å². The Balaban J connectivity index is 1.76. The monoisotopic (exact) mass is 285 g/mol. The minimum Gasteiger partial charge on any atom is -0.455 e. The second kappa shape index (κ2) is 5.05. The van der Waals surface area contributed by atoms with Crippen LogP contribution in [0, 0.1) is 20.8 Å². The van der Waals surface area contributed by atoms with Crippen molar-refractivity contribution < 1.29 is 14.1 Å². The zero-order chi connectivity index (χ0) is 15.0. The smallest absolute Gasteiger partial charge is 0.344 e. The number of hydrogen-bond acceptors (Lipinski definition) is 5. The summed E-state index contributed by atoms with van der Waals surface area (Å²) < 4.78 is 12.1. The molecular formula is C15H15N3O3. The molecule has 21 heavy (non-hydrogen) atoms. The van der Waals surface area contributed by atoms with Gasteiger partial charge in [0, 0.05) is 12.4 Å². The van der Waals surface area contributed by atoms with Crippen molar-refractivity contribution in [3.8, 4) is 0 Å². The number of nitrogens with zero attached hydrogens (tertiary/aromatic N) is 3. The Bertz CT molecular complexity index is 797. The molecule has 0 bridgehead atoms. The Morgan fingerprint density at radius 1 is 1.29 bits per heavy atom. The number of aryl methyl sites for hydroxylation is 3. The highest BCUT2D eigenvalue weighted by Gasteiger charge is 2.19. The summed E-state index contributed by atoms with van der Waals surface area (Å²) in [6.07, 6.45) is 3.82. The molecule has 0 N–H and O–H groups in total. The fourth-order valence-corrected chi connectivity index (χ4v) is 2.21. The largest absolute Gasteiger partial charge is 0.455 e. The molecule has 3 rings (SSSR count). The van der Waals surface area contributed by atoms with E-state index in [1.165, 1.54) is 0 Å². The Kier molecular flexibility index (Phi) is 3.21. The van der Waals surface area contributed by atoms with E-state index in [1.807, 2.05) is 35.9 Å². The Hall–Kier alpha value is -2.63. The maximum Gasteiger partial charge on any atom is 0.344 e. The van der Waals surface area contributed by atoms with Crippen LogP contribution in [0.2, 0.25) is 0 Å². The second-order valence-corrected chi connectivity index (χ2v) is 4.98. The van der Waals surface area contributed by atoms with Gasteiger partial charge in [0.05, 0.1) is 11.4 Å². The molecule has 6 nitrogen and oxygen atoms in total. The van der Waals surface area contributed by atoms with Crippen LogP contribution in [-0.2, 0) is 11.3 Å². The third-order valence-corrected chi connectivity index (χ3v) is 3.24. The third-order valence-electron chi connectivity index (χ3n) is 3.24. The van der Waals surface area contributed by atoms with E-state index < -0.39 is 5.97 Å². The van der Waals surface area contributed by atoms with Crippen LogP contribution < -0.4 is 0 Å². The first-order chi connectivity index (χ1) is 10.0. The summed E-state index contributed by atoms with van der Waals surface area (Å²) in [5.41, 5.74) is 3.57. The van der Waals surface area contributed by atoms with Gasteiger partial charge in [0.25, 0.3) is 0 Å². The van der Waals surface area contributed by atoms with Crippen molar-refractivity contribution in [2.75, 3.05) is 0 Å². The van der Waals surface area contributed by atoms with Gasteiger partial charge in [-0.15, -0.1) is 0 Å². The first-order valence-electron chi connectivity index (χ1n) is 6.59. The minimum absolute atomic E-state index is 0.115. The molecule has 108 valence electrons. The molecule has 0 aliphatic rings. The van der Waals surface area contributed by atoms with E-state index in [0.29, 0.717) is 22.7 Å². The van der Waals surface area contributed by atoms with Gasteiger partial charge in [-0.1, -0.05) is 11.2 Å². The predicted octanol–water partition coefficient (Wildman–Crippen LogP) is 2.60. The standard InChI is InChI=1S/C15H15N3O3/c1-9-4-5-13-16-12(7-18(13)6-9)8-20-15(19)14-10(2)17-21-11(14)3/h4-7H,8H2,1-3H3. The highest BCUT2D eigenvalue weighted by molar-refractivity contribution is 5.91. The van der Waals surface area contributed by atoms with E-state index in [9.17, 15) is 4.79 Å². The highest BCUT2D eigenvalue weighted by atomic mass is 16.5. The summed E-state index contributed by atoms with van der Waals surface area (Å²) in [5.74, 6) is 0.0163. The summed E-state index contributed by atoms with van der Waals surface area (Å²) in [7, 11) is 0. The average Bonchev–Trinajstić information content (AvgIpc) is 2.99. The molecule has 3 aromatic rings. The van der Waals surface area contributed by atoms with Crippen LogP contribution in [0.3, 0.4) is 0 Å². The maximum absolute atomic E-state index is 12.0. The average molecular weight is 285 g/mol. The van der Waals surface area contributed by atoms with Gasteiger partial charge in [-0.2, -0.15) is 0 Å². The first kappa shape index (κ1) is 13.4. The Morgan fingerprint density at radius 3 is 2.81 bits per heavy atom. The van der Waals surface area contributed by atoms with Crippen molar-refractivity contribution >= 4 is 11.6 Å². The number of carbonyl (C=O) groups is 1. The van der Waals surface area contributed by atoms with Crippen LogP contribution in [0.1, 0.15) is 33.1 Å². The van der Waals surface area contributed by atoms with Crippen LogP contribution in [0.25, 0.3) is 5.65 Å². The van der Waals surface area contributed by atoms with Crippen molar-refractivity contribution in [2.24, 2.45) is 0 Å². The number of rotatable bonds is 3. The molecule has 0 unspecified atom stereocenters. The molecular weight excluding hydrogens is 270 g/mol. The van der Waals surface area contributed by atoms with Gasteiger partial charge in [0.1, 0.15) is 23.6 Å². The fourth-order valence-electron chi connectivity index (χ4n) is 2.21. The number of carbonyl (C=O) groups excluding carboxylic acids is 1. The summed E-state index contributed by atoms with van der Waals surface area (Å²) in [6.45, 7) is 5.52. The SMILES string of the molecule is Cc1ccc2nc(COC(=O)c3c(C)noc3C)cn2c1. The predicted molar refractivity (Wildman–Crippen MR) is 75.0 cm³/mol. The number of imidazole rings is 1. The van der Waals surface area contributed by atoms with E-state index in [2.05, 4.69) is 10.1 Å². The first-order valence-corrected chi connectivity index (χ1v) is 6.59. The lowest BCUT2D eigenvalue weighted by Gasteiger charge is -2.01. The quantitative estimate of drug-likeness (QED) is 0.692. The molecule has 0 saturated carbocycles. The normalized spacial score (nSPS) is 11.0. The van der Waals surface area contributed by atoms with Gasteiger partial charge < -0.3 is 13.7 Å². The van der Waals surface area contributed by atoms with Crippen molar-refractivity contribution in [1.29, 1.82) is 0 Å². The van der Waals surface area contributed by atoms with Crippen LogP contribution in [0.4, 0.5) is 0 Å². The zero-order valence-corrected chi connectivity index (χ0v) is 12.1. The maximum atomic E-state index is 12.0. The van der Waals surface area contributed by atoms with Crippen molar-refractivity contribution in [3.05, 3.63) is 52.8 Å². The van der Waals surface area contributed by atoms with Crippen LogP contribution in [-0.4, -0.2) is 20.5 Å². The van der Waals surface area contributed by atoms with Crippen LogP contribution >= 0.6 is 0 Å². The number of pyridine rings is 1. The van der Waals surface area contributed by atoms with Gasteiger partial charge in [-0.3, -0.25) is 0 Å². The lowest BCUT2D eigenvalue weighted by molar-refractivity contribution is 0.0465. The minimum atomic E-state index is -0.445. The van der Waals surface area contributed by atoms with Gasteiger partial charge in [-0.25, -0.2) is 9.78 Å². The summed E-state index contributed by atoms with van der Waals surface area (Å²) in [6, 6.07) is 3.91. The van der Waals surface area contributed by atoms with Gasteiger partial charge in [-0.05, 0) is 32.4 Å². The molecule has 0 spiro atoms. The topological polar surface area (TPSA) is 69.6 Å². The molecule has 0 aliphatic heterocycles. The summed E-state index contributed by atoms with van der Waals surface area (Å²) in [4.78, 5) is 16.4. The molecule has 3 aromatic heterocycles. The molecule has 0 fully saturated rings. The third kappa shape index (κ3) is 2.52. The van der Waals surface area contributed by atoms with Crippen molar-refractivity contribution in [3.63, 3.8) is 0 Å². The number of esters is 1. The Labute approximate surface area is 121 Å². The molecule has 6 heteroatoms. The molecule has 0 aromatic carbocycles. The number of ether oxygens (including phenoxy) is 1. The van der Waals surface area contributed by atoms with Crippen LogP contribution in [0.15, 0.2) is 29.0 Å².